The van der Waals surface area contributed by atoms with Gasteiger partial charge in [-0.15, -0.1) is 10.2 Å². The normalized spacial score (nSPS) is 10.7. The number of benzene rings is 1. The van der Waals surface area contributed by atoms with Crippen molar-refractivity contribution in [3.8, 4) is 0 Å². The summed E-state index contributed by atoms with van der Waals surface area (Å²) in [7, 11) is 1.66. The van der Waals surface area contributed by atoms with Gasteiger partial charge in [0, 0.05) is 20.3 Å². The van der Waals surface area contributed by atoms with Gasteiger partial charge in [0.1, 0.15) is 6.33 Å². The van der Waals surface area contributed by atoms with Crippen molar-refractivity contribution in [2.45, 2.75) is 18.1 Å². The standard InChI is InChI=1S/C14H16Cl2N4O2S/c1-22-7-3-6-20-9-17-19-14(20)23-8-12(21)18-13-10(15)4-2-5-11(13)16/h2,4-5,9H,3,6-8H2,1H3,(H,18,21). The number of anilines is 1. The van der Waals surface area contributed by atoms with Crippen LogP contribution in [0.1, 0.15) is 6.42 Å². The number of nitrogens with zero attached hydrogens (tertiary/aromatic N) is 3. The second-order valence-corrected chi connectivity index (χ2v) is 6.34. The second-order valence-electron chi connectivity index (χ2n) is 4.59. The van der Waals surface area contributed by atoms with Crippen molar-refractivity contribution >= 4 is 46.6 Å². The third-order valence-electron chi connectivity index (χ3n) is 2.89. The highest BCUT2D eigenvalue weighted by atomic mass is 35.5. The molecule has 0 unspecified atom stereocenters. The Hall–Kier alpha value is -1.28. The van der Waals surface area contributed by atoms with Crippen LogP contribution in [0, 0.1) is 0 Å². The van der Waals surface area contributed by atoms with Crippen LogP contribution in [0.2, 0.25) is 10.0 Å². The summed E-state index contributed by atoms with van der Waals surface area (Å²) in [5.74, 6) is -0.0266. The van der Waals surface area contributed by atoms with Gasteiger partial charge in [-0.25, -0.2) is 0 Å². The maximum absolute atomic E-state index is 12.1. The number of rotatable bonds is 8. The van der Waals surface area contributed by atoms with Crippen LogP contribution in [0.5, 0.6) is 0 Å². The number of thioether (sulfide) groups is 1. The monoisotopic (exact) mass is 374 g/mol. The van der Waals surface area contributed by atoms with E-state index in [4.69, 9.17) is 27.9 Å². The average Bonchev–Trinajstić information content (AvgIpc) is 2.97. The summed E-state index contributed by atoms with van der Waals surface area (Å²) in [5.41, 5.74) is 0.419. The number of carbonyl (C=O) groups excluding carboxylic acids is 1. The molecule has 1 N–H and O–H groups in total. The van der Waals surface area contributed by atoms with Gasteiger partial charge in [-0.1, -0.05) is 41.0 Å². The van der Waals surface area contributed by atoms with E-state index in [1.165, 1.54) is 11.8 Å². The minimum absolute atomic E-state index is 0.185. The molecule has 6 nitrogen and oxygen atoms in total. The van der Waals surface area contributed by atoms with Crippen LogP contribution >= 0.6 is 35.0 Å². The van der Waals surface area contributed by atoms with Crippen molar-refractivity contribution in [1.82, 2.24) is 14.8 Å². The Balaban J connectivity index is 1.89. The fourth-order valence-corrected chi connectivity index (χ4v) is 3.05. The van der Waals surface area contributed by atoms with E-state index in [2.05, 4.69) is 15.5 Å². The number of hydrogen-bond donors (Lipinski definition) is 1. The highest BCUT2D eigenvalue weighted by molar-refractivity contribution is 7.99. The molecular weight excluding hydrogens is 359 g/mol. The molecule has 0 saturated heterocycles. The molecule has 0 saturated carbocycles. The molecule has 1 aromatic heterocycles. The molecule has 0 bridgehead atoms. The molecular formula is C14H16Cl2N4O2S. The molecule has 1 heterocycles. The van der Waals surface area contributed by atoms with E-state index in [0.717, 1.165) is 13.0 Å². The zero-order valence-corrected chi connectivity index (χ0v) is 14.8. The smallest absolute Gasteiger partial charge is 0.234 e. The molecule has 0 spiro atoms. The molecule has 0 aliphatic rings. The fourth-order valence-electron chi connectivity index (χ4n) is 1.81. The minimum Gasteiger partial charge on any atom is -0.385 e. The molecule has 1 aromatic carbocycles. The number of aryl methyl sites for hydroxylation is 1. The van der Waals surface area contributed by atoms with Crippen molar-refractivity contribution in [2.24, 2.45) is 0 Å². The number of hydrogen-bond acceptors (Lipinski definition) is 5. The molecule has 0 atom stereocenters. The van der Waals surface area contributed by atoms with Crippen molar-refractivity contribution in [3.05, 3.63) is 34.6 Å². The van der Waals surface area contributed by atoms with Crippen LogP contribution in [-0.2, 0) is 16.1 Å². The number of carbonyl (C=O) groups is 1. The minimum atomic E-state index is -0.212. The molecule has 9 heteroatoms. The zero-order valence-electron chi connectivity index (χ0n) is 12.5. The molecule has 124 valence electrons. The first-order valence-electron chi connectivity index (χ1n) is 6.85. The Labute approximate surface area is 148 Å². The van der Waals surface area contributed by atoms with Crippen LogP contribution in [-0.4, -0.2) is 40.1 Å². The predicted molar refractivity (Wildman–Crippen MR) is 92.3 cm³/mol. The summed E-state index contributed by atoms with van der Waals surface area (Å²) in [5, 5.41) is 12.1. The molecule has 0 aliphatic carbocycles. The number of amides is 1. The lowest BCUT2D eigenvalue weighted by molar-refractivity contribution is -0.113. The Bertz CT molecular complexity index is 646. The van der Waals surface area contributed by atoms with Crippen molar-refractivity contribution in [1.29, 1.82) is 0 Å². The third kappa shape index (κ3) is 5.39. The van der Waals surface area contributed by atoms with Gasteiger partial charge in [0.15, 0.2) is 5.16 Å². The molecule has 1 amide bonds. The molecule has 0 aliphatic heterocycles. The zero-order chi connectivity index (χ0) is 16.7. The first-order chi connectivity index (χ1) is 11.1. The molecule has 2 aromatic rings. The van der Waals surface area contributed by atoms with E-state index in [1.807, 2.05) is 4.57 Å². The second kappa shape index (κ2) is 9.12. The van der Waals surface area contributed by atoms with Crippen molar-refractivity contribution in [2.75, 3.05) is 24.8 Å². The maximum Gasteiger partial charge on any atom is 0.234 e. The van der Waals surface area contributed by atoms with Gasteiger partial charge in [0.25, 0.3) is 0 Å². The Kier molecular flexibility index (Phi) is 7.16. The van der Waals surface area contributed by atoms with Gasteiger partial charge in [-0.2, -0.15) is 0 Å². The molecule has 0 fully saturated rings. The number of halogens is 2. The van der Waals surface area contributed by atoms with Crippen molar-refractivity contribution < 1.29 is 9.53 Å². The summed E-state index contributed by atoms with van der Waals surface area (Å²) >= 11 is 13.4. The van der Waals surface area contributed by atoms with Gasteiger partial charge in [-0.3, -0.25) is 4.79 Å². The Morgan fingerprint density at radius 2 is 2.13 bits per heavy atom. The Morgan fingerprint density at radius 3 is 2.83 bits per heavy atom. The number of aromatic nitrogens is 3. The lowest BCUT2D eigenvalue weighted by Crippen LogP contribution is -2.15. The van der Waals surface area contributed by atoms with E-state index in [-0.39, 0.29) is 11.7 Å². The van der Waals surface area contributed by atoms with Gasteiger partial charge in [0.2, 0.25) is 5.91 Å². The van der Waals surface area contributed by atoms with Gasteiger partial charge < -0.3 is 14.6 Å². The summed E-state index contributed by atoms with van der Waals surface area (Å²) in [6, 6.07) is 5.06. The van der Waals surface area contributed by atoms with Gasteiger partial charge in [0.05, 0.1) is 21.5 Å². The lowest BCUT2D eigenvalue weighted by Gasteiger charge is -2.09. The number of methoxy groups -OCH3 is 1. The largest absolute Gasteiger partial charge is 0.385 e. The third-order valence-corrected chi connectivity index (χ3v) is 4.50. The van der Waals surface area contributed by atoms with Crippen LogP contribution < -0.4 is 5.32 Å². The highest BCUT2D eigenvalue weighted by Crippen LogP contribution is 2.30. The van der Waals surface area contributed by atoms with E-state index < -0.39 is 0 Å². The lowest BCUT2D eigenvalue weighted by atomic mass is 10.3. The summed E-state index contributed by atoms with van der Waals surface area (Å²) < 4.78 is 6.91. The summed E-state index contributed by atoms with van der Waals surface area (Å²) in [6.07, 6.45) is 2.49. The van der Waals surface area contributed by atoms with Crippen LogP contribution in [0.4, 0.5) is 5.69 Å². The average molecular weight is 375 g/mol. The maximum atomic E-state index is 12.1. The first kappa shape index (κ1) is 18.1. The number of para-hydroxylation sites is 1. The van der Waals surface area contributed by atoms with E-state index in [1.54, 1.807) is 31.6 Å². The highest BCUT2D eigenvalue weighted by Gasteiger charge is 2.12. The van der Waals surface area contributed by atoms with E-state index in [9.17, 15) is 4.79 Å². The van der Waals surface area contributed by atoms with E-state index in [0.29, 0.717) is 27.5 Å². The van der Waals surface area contributed by atoms with Crippen LogP contribution in [0.3, 0.4) is 0 Å². The van der Waals surface area contributed by atoms with E-state index >= 15 is 0 Å². The predicted octanol–water partition coefficient (Wildman–Crippen LogP) is 3.35. The Morgan fingerprint density at radius 1 is 1.39 bits per heavy atom. The quantitative estimate of drug-likeness (QED) is 0.566. The first-order valence-corrected chi connectivity index (χ1v) is 8.59. The summed E-state index contributed by atoms with van der Waals surface area (Å²) in [4.78, 5) is 12.1. The number of nitrogens with one attached hydrogen (secondary N) is 1. The fraction of sp³-hybridized carbons (Fsp3) is 0.357. The van der Waals surface area contributed by atoms with Gasteiger partial charge in [-0.05, 0) is 18.6 Å². The SMILES string of the molecule is COCCCn1cnnc1SCC(=O)Nc1c(Cl)cccc1Cl. The van der Waals surface area contributed by atoms with Crippen molar-refractivity contribution in [3.63, 3.8) is 0 Å². The molecule has 0 radical (unpaired) electrons. The number of ether oxygens (including phenoxy) is 1. The topological polar surface area (TPSA) is 69.0 Å². The van der Waals surface area contributed by atoms with Crippen LogP contribution in [0.25, 0.3) is 0 Å². The van der Waals surface area contributed by atoms with Gasteiger partial charge >= 0.3 is 0 Å². The van der Waals surface area contributed by atoms with Crippen LogP contribution in [0.15, 0.2) is 29.7 Å². The summed E-state index contributed by atoms with van der Waals surface area (Å²) in [6.45, 7) is 1.40. The molecule has 2 rings (SSSR count). The molecule has 23 heavy (non-hydrogen) atoms.